The zero-order chi connectivity index (χ0) is 14.1. The zero-order valence-corrected chi connectivity index (χ0v) is 12.7. The molecule has 4 heteroatoms. The molecule has 0 spiro atoms. The van der Waals surface area contributed by atoms with Gasteiger partial charge in [0.1, 0.15) is 5.75 Å². The van der Waals surface area contributed by atoms with Crippen molar-refractivity contribution in [2.75, 3.05) is 14.2 Å². The Morgan fingerprint density at radius 2 is 2.00 bits per heavy atom. The predicted octanol–water partition coefficient (Wildman–Crippen LogP) is 2.11. The summed E-state index contributed by atoms with van der Waals surface area (Å²) in [5, 5.41) is 3.70. The molecule has 2 unspecified atom stereocenters. The second kappa shape index (κ2) is 5.70. The molecule has 2 saturated heterocycles. The number of methoxy groups -OCH3 is 1. The first-order valence-electron chi connectivity index (χ1n) is 7.62. The van der Waals surface area contributed by atoms with E-state index >= 15 is 0 Å². The molecule has 20 heavy (non-hydrogen) atoms. The van der Waals surface area contributed by atoms with Gasteiger partial charge in [-0.05, 0) is 39.7 Å². The van der Waals surface area contributed by atoms with Gasteiger partial charge in [0.25, 0.3) is 0 Å². The molecular weight excluding hydrogens is 250 g/mol. The van der Waals surface area contributed by atoms with E-state index in [-0.39, 0.29) is 0 Å². The molecule has 1 aromatic heterocycles. The van der Waals surface area contributed by atoms with Crippen LogP contribution >= 0.6 is 0 Å². The third kappa shape index (κ3) is 2.96. The zero-order valence-electron chi connectivity index (χ0n) is 12.7. The van der Waals surface area contributed by atoms with Crippen LogP contribution in [0.2, 0.25) is 0 Å². The molecule has 2 aliphatic rings. The van der Waals surface area contributed by atoms with E-state index in [4.69, 9.17) is 4.74 Å². The number of pyridine rings is 1. The van der Waals surface area contributed by atoms with Gasteiger partial charge in [-0.15, -0.1) is 0 Å². The van der Waals surface area contributed by atoms with Crippen molar-refractivity contribution in [1.82, 2.24) is 15.2 Å². The van der Waals surface area contributed by atoms with Crippen molar-refractivity contribution < 1.29 is 4.74 Å². The molecule has 0 aliphatic carbocycles. The van der Waals surface area contributed by atoms with Crippen LogP contribution in [0.3, 0.4) is 0 Å². The molecule has 0 aromatic carbocycles. The molecule has 0 radical (unpaired) electrons. The third-order valence-electron chi connectivity index (χ3n) is 4.70. The first kappa shape index (κ1) is 13.8. The van der Waals surface area contributed by atoms with E-state index in [1.807, 2.05) is 13.0 Å². The van der Waals surface area contributed by atoms with Crippen LogP contribution in [-0.4, -0.2) is 42.2 Å². The highest BCUT2D eigenvalue weighted by Crippen LogP contribution is 2.29. The van der Waals surface area contributed by atoms with E-state index in [2.05, 4.69) is 28.3 Å². The molecule has 2 aliphatic heterocycles. The average Bonchev–Trinajstić information content (AvgIpc) is 2.76. The quantitative estimate of drug-likeness (QED) is 0.913. The molecule has 2 atom stereocenters. The molecular formula is C16H25N3O. The Hall–Kier alpha value is -1.13. The van der Waals surface area contributed by atoms with Crippen LogP contribution in [0.15, 0.2) is 12.1 Å². The van der Waals surface area contributed by atoms with Crippen LogP contribution in [0.25, 0.3) is 0 Å². The lowest BCUT2D eigenvalue weighted by Gasteiger charge is -2.35. The van der Waals surface area contributed by atoms with Gasteiger partial charge in [0.2, 0.25) is 0 Å². The molecule has 0 amide bonds. The van der Waals surface area contributed by atoms with E-state index < -0.39 is 0 Å². The van der Waals surface area contributed by atoms with Gasteiger partial charge < -0.3 is 10.1 Å². The van der Waals surface area contributed by atoms with Gasteiger partial charge >= 0.3 is 0 Å². The molecule has 0 saturated carbocycles. The molecule has 110 valence electrons. The van der Waals surface area contributed by atoms with Crippen molar-refractivity contribution in [1.29, 1.82) is 0 Å². The van der Waals surface area contributed by atoms with E-state index in [1.54, 1.807) is 7.11 Å². The number of aromatic nitrogens is 1. The van der Waals surface area contributed by atoms with Crippen molar-refractivity contribution in [3.05, 3.63) is 23.5 Å². The summed E-state index contributed by atoms with van der Waals surface area (Å²) in [6, 6.07) is 6.19. The number of rotatable bonds is 4. The summed E-state index contributed by atoms with van der Waals surface area (Å²) in [6.45, 7) is 2.93. The van der Waals surface area contributed by atoms with Gasteiger partial charge in [0.05, 0.1) is 12.8 Å². The first-order valence-corrected chi connectivity index (χ1v) is 7.62. The summed E-state index contributed by atoms with van der Waals surface area (Å²) in [7, 11) is 3.94. The summed E-state index contributed by atoms with van der Waals surface area (Å²) in [4.78, 5) is 7.10. The molecule has 3 rings (SSSR count). The van der Waals surface area contributed by atoms with Crippen molar-refractivity contribution in [2.45, 2.75) is 57.3 Å². The minimum atomic E-state index is 0.682. The Balaban J connectivity index is 1.66. The minimum Gasteiger partial charge on any atom is -0.497 e. The monoisotopic (exact) mass is 275 g/mol. The Labute approximate surface area is 121 Å². The first-order chi connectivity index (χ1) is 9.64. The molecule has 3 heterocycles. The van der Waals surface area contributed by atoms with E-state index in [0.717, 1.165) is 35.8 Å². The topological polar surface area (TPSA) is 37.4 Å². The highest BCUT2D eigenvalue weighted by atomic mass is 16.5. The van der Waals surface area contributed by atoms with Gasteiger partial charge in [0.15, 0.2) is 0 Å². The number of hydrogen-bond donors (Lipinski definition) is 1. The minimum absolute atomic E-state index is 0.682. The average molecular weight is 275 g/mol. The fraction of sp³-hybridized carbons (Fsp3) is 0.688. The maximum Gasteiger partial charge on any atom is 0.122 e. The molecule has 2 bridgehead atoms. The van der Waals surface area contributed by atoms with E-state index in [0.29, 0.717) is 6.04 Å². The second-order valence-corrected chi connectivity index (χ2v) is 6.32. The van der Waals surface area contributed by atoms with Crippen LogP contribution in [0.1, 0.15) is 37.1 Å². The maximum absolute atomic E-state index is 5.34. The second-order valence-electron chi connectivity index (χ2n) is 6.32. The number of nitrogens with zero attached hydrogens (tertiary/aromatic N) is 2. The van der Waals surface area contributed by atoms with Crippen molar-refractivity contribution in [3.8, 4) is 5.75 Å². The maximum atomic E-state index is 5.34. The smallest absolute Gasteiger partial charge is 0.122 e. The number of ether oxygens (including phenoxy) is 1. The molecule has 4 nitrogen and oxygen atoms in total. The summed E-state index contributed by atoms with van der Waals surface area (Å²) >= 11 is 0. The SMILES string of the molecule is COc1cc(C)nc(CN(C)C2CC3CCC(C2)N3)c1. The highest BCUT2D eigenvalue weighted by molar-refractivity contribution is 5.26. The van der Waals surface area contributed by atoms with E-state index in [9.17, 15) is 0 Å². The Bertz CT molecular complexity index is 465. The lowest BCUT2D eigenvalue weighted by molar-refractivity contribution is 0.164. The largest absolute Gasteiger partial charge is 0.497 e. The Morgan fingerprint density at radius 3 is 2.65 bits per heavy atom. The molecule has 1 aromatic rings. The van der Waals surface area contributed by atoms with Crippen LogP contribution in [-0.2, 0) is 6.54 Å². The number of piperidine rings is 1. The normalized spacial score (nSPS) is 28.9. The Morgan fingerprint density at radius 1 is 1.30 bits per heavy atom. The highest BCUT2D eigenvalue weighted by Gasteiger charge is 2.35. The van der Waals surface area contributed by atoms with Crippen LogP contribution in [0.4, 0.5) is 0 Å². The third-order valence-corrected chi connectivity index (χ3v) is 4.70. The van der Waals surface area contributed by atoms with Crippen LogP contribution < -0.4 is 10.1 Å². The summed E-state index contributed by atoms with van der Waals surface area (Å²) in [6.07, 6.45) is 5.25. The summed E-state index contributed by atoms with van der Waals surface area (Å²) < 4.78 is 5.34. The Kier molecular flexibility index (Phi) is 3.94. The van der Waals surface area contributed by atoms with E-state index in [1.165, 1.54) is 25.7 Å². The van der Waals surface area contributed by atoms with Crippen LogP contribution in [0, 0.1) is 6.92 Å². The van der Waals surface area contributed by atoms with Gasteiger partial charge in [-0.3, -0.25) is 9.88 Å². The summed E-state index contributed by atoms with van der Waals surface area (Å²) in [5.41, 5.74) is 2.13. The number of fused-ring (bicyclic) bond motifs is 2. The molecule has 1 N–H and O–H groups in total. The molecule has 2 fully saturated rings. The fourth-order valence-electron chi connectivity index (χ4n) is 3.67. The number of nitrogens with one attached hydrogen (secondary N) is 1. The van der Waals surface area contributed by atoms with Crippen LogP contribution in [0.5, 0.6) is 5.75 Å². The van der Waals surface area contributed by atoms with Gasteiger partial charge in [-0.2, -0.15) is 0 Å². The van der Waals surface area contributed by atoms with Crippen molar-refractivity contribution >= 4 is 0 Å². The number of hydrogen-bond acceptors (Lipinski definition) is 4. The van der Waals surface area contributed by atoms with Gasteiger partial charge in [-0.1, -0.05) is 0 Å². The van der Waals surface area contributed by atoms with Gasteiger partial charge in [-0.25, -0.2) is 0 Å². The summed E-state index contributed by atoms with van der Waals surface area (Å²) in [5.74, 6) is 0.909. The lowest BCUT2D eigenvalue weighted by atomic mass is 9.98. The lowest BCUT2D eigenvalue weighted by Crippen LogP contribution is -2.46. The van der Waals surface area contributed by atoms with Gasteiger partial charge in [0, 0.05) is 42.5 Å². The predicted molar refractivity (Wildman–Crippen MR) is 80.0 cm³/mol. The van der Waals surface area contributed by atoms with Crippen molar-refractivity contribution in [3.63, 3.8) is 0 Å². The van der Waals surface area contributed by atoms with Crippen molar-refractivity contribution in [2.24, 2.45) is 0 Å². The standard InChI is InChI=1S/C16H25N3O/c1-11-6-16(20-3)9-14(17-11)10-19(2)15-7-12-4-5-13(8-15)18-12/h6,9,12-13,15,18H,4-5,7-8,10H2,1-3H3. The number of aryl methyl sites for hydroxylation is 1. The fourth-order valence-corrected chi connectivity index (χ4v) is 3.67.